The topological polar surface area (TPSA) is 49.4 Å². The maximum absolute atomic E-state index is 12.3. The van der Waals surface area contributed by atoms with E-state index >= 15 is 0 Å². The standard InChI is InChI=1S/C17H24N2O2/c1-13(2)18-17(21)12-19-10-6-9-15(19)11-16(20)14-7-4-3-5-8-14/h3-5,7-8,13,15H,6,9-12H2,1-2H3,(H,18,21)/t15-/m1/s1. The summed E-state index contributed by atoms with van der Waals surface area (Å²) in [4.78, 5) is 26.3. The molecule has 4 heteroatoms. The summed E-state index contributed by atoms with van der Waals surface area (Å²) in [7, 11) is 0. The average molecular weight is 288 g/mol. The molecule has 114 valence electrons. The van der Waals surface area contributed by atoms with Gasteiger partial charge < -0.3 is 5.32 Å². The van der Waals surface area contributed by atoms with Crippen LogP contribution in [0.1, 0.15) is 43.5 Å². The van der Waals surface area contributed by atoms with Crippen LogP contribution in [-0.4, -0.2) is 41.8 Å². The number of rotatable bonds is 6. The summed E-state index contributed by atoms with van der Waals surface area (Å²) in [5.74, 6) is 0.209. The number of benzene rings is 1. The molecule has 1 amide bonds. The first-order valence-corrected chi connectivity index (χ1v) is 7.68. The molecule has 0 saturated carbocycles. The van der Waals surface area contributed by atoms with Crippen LogP contribution in [0.25, 0.3) is 0 Å². The molecule has 1 N–H and O–H groups in total. The Hall–Kier alpha value is -1.68. The highest BCUT2D eigenvalue weighted by Crippen LogP contribution is 2.21. The molecule has 1 aromatic carbocycles. The van der Waals surface area contributed by atoms with E-state index < -0.39 is 0 Å². The molecule has 0 radical (unpaired) electrons. The van der Waals surface area contributed by atoms with Gasteiger partial charge in [-0.25, -0.2) is 0 Å². The number of amides is 1. The summed E-state index contributed by atoms with van der Waals surface area (Å²) in [6.45, 7) is 5.21. The zero-order valence-electron chi connectivity index (χ0n) is 12.8. The highest BCUT2D eigenvalue weighted by molar-refractivity contribution is 5.96. The third-order valence-electron chi connectivity index (χ3n) is 3.81. The normalized spacial score (nSPS) is 18.9. The van der Waals surface area contributed by atoms with Gasteiger partial charge in [-0.05, 0) is 33.2 Å². The number of carbonyl (C=O) groups is 2. The van der Waals surface area contributed by atoms with Gasteiger partial charge in [0.15, 0.2) is 5.78 Å². The highest BCUT2D eigenvalue weighted by Gasteiger charge is 2.28. The molecule has 0 aliphatic carbocycles. The van der Waals surface area contributed by atoms with Crippen LogP contribution in [0.5, 0.6) is 0 Å². The number of hydrogen-bond donors (Lipinski definition) is 1. The Morgan fingerprint density at radius 3 is 2.67 bits per heavy atom. The van der Waals surface area contributed by atoms with E-state index in [0.29, 0.717) is 13.0 Å². The first kappa shape index (κ1) is 15.7. The molecule has 1 fully saturated rings. The maximum atomic E-state index is 12.3. The SMILES string of the molecule is CC(C)NC(=O)CN1CCC[C@@H]1CC(=O)c1ccccc1. The van der Waals surface area contributed by atoms with Gasteiger partial charge in [0.25, 0.3) is 0 Å². The van der Waals surface area contributed by atoms with Gasteiger partial charge in [-0.1, -0.05) is 30.3 Å². The van der Waals surface area contributed by atoms with Crippen molar-refractivity contribution in [3.63, 3.8) is 0 Å². The Morgan fingerprint density at radius 1 is 1.29 bits per heavy atom. The summed E-state index contributed by atoms with van der Waals surface area (Å²) in [6, 6.07) is 9.74. The van der Waals surface area contributed by atoms with Crippen LogP contribution in [0.15, 0.2) is 30.3 Å². The number of nitrogens with zero attached hydrogens (tertiary/aromatic N) is 1. The van der Waals surface area contributed by atoms with E-state index in [2.05, 4.69) is 10.2 Å². The van der Waals surface area contributed by atoms with E-state index in [4.69, 9.17) is 0 Å². The summed E-state index contributed by atoms with van der Waals surface area (Å²) < 4.78 is 0. The molecular formula is C17H24N2O2. The van der Waals surface area contributed by atoms with Crippen molar-refractivity contribution in [3.05, 3.63) is 35.9 Å². The van der Waals surface area contributed by atoms with Crippen LogP contribution < -0.4 is 5.32 Å². The lowest BCUT2D eigenvalue weighted by Crippen LogP contribution is -2.42. The second kappa shape index (κ2) is 7.36. The minimum atomic E-state index is 0.0454. The van der Waals surface area contributed by atoms with Crippen molar-refractivity contribution in [3.8, 4) is 0 Å². The van der Waals surface area contributed by atoms with Crippen LogP contribution in [0.2, 0.25) is 0 Å². The van der Waals surface area contributed by atoms with E-state index in [-0.39, 0.29) is 23.8 Å². The van der Waals surface area contributed by atoms with Crippen molar-refractivity contribution in [2.75, 3.05) is 13.1 Å². The molecule has 21 heavy (non-hydrogen) atoms. The molecule has 0 aromatic heterocycles. The van der Waals surface area contributed by atoms with Crippen molar-refractivity contribution in [1.82, 2.24) is 10.2 Å². The van der Waals surface area contributed by atoms with Gasteiger partial charge in [-0.15, -0.1) is 0 Å². The minimum absolute atomic E-state index is 0.0454. The largest absolute Gasteiger partial charge is 0.353 e. The van der Waals surface area contributed by atoms with Crippen LogP contribution in [0, 0.1) is 0 Å². The molecule has 4 nitrogen and oxygen atoms in total. The Kier molecular flexibility index (Phi) is 5.51. The van der Waals surface area contributed by atoms with E-state index in [1.54, 1.807) is 0 Å². The molecule has 1 aromatic rings. The second-order valence-corrected chi connectivity index (χ2v) is 5.98. The number of carbonyl (C=O) groups excluding carboxylic acids is 2. The van der Waals surface area contributed by atoms with Crippen LogP contribution >= 0.6 is 0 Å². The third-order valence-corrected chi connectivity index (χ3v) is 3.81. The molecule has 1 saturated heterocycles. The monoisotopic (exact) mass is 288 g/mol. The Morgan fingerprint density at radius 2 is 2.00 bits per heavy atom. The van der Waals surface area contributed by atoms with Gasteiger partial charge in [0.1, 0.15) is 0 Å². The lowest BCUT2D eigenvalue weighted by molar-refractivity contribution is -0.122. The fourth-order valence-corrected chi connectivity index (χ4v) is 2.84. The van der Waals surface area contributed by atoms with Gasteiger partial charge in [-0.3, -0.25) is 14.5 Å². The fraction of sp³-hybridized carbons (Fsp3) is 0.529. The molecule has 0 unspecified atom stereocenters. The summed E-state index contributed by atoms with van der Waals surface area (Å²) >= 11 is 0. The number of ketones is 1. The van der Waals surface area contributed by atoms with Gasteiger partial charge in [0, 0.05) is 24.1 Å². The Labute approximate surface area is 126 Å². The summed E-state index contributed by atoms with van der Waals surface area (Å²) in [5, 5.41) is 2.91. The molecule has 1 aliphatic rings. The molecule has 2 rings (SSSR count). The van der Waals surface area contributed by atoms with E-state index in [9.17, 15) is 9.59 Å². The zero-order chi connectivity index (χ0) is 15.2. The van der Waals surface area contributed by atoms with Crippen molar-refractivity contribution < 1.29 is 9.59 Å². The van der Waals surface area contributed by atoms with Gasteiger partial charge in [0.05, 0.1) is 6.54 Å². The van der Waals surface area contributed by atoms with Gasteiger partial charge in [0.2, 0.25) is 5.91 Å². The lowest BCUT2D eigenvalue weighted by atomic mass is 10.0. The summed E-state index contributed by atoms with van der Waals surface area (Å²) in [5.41, 5.74) is 0.760. The first-order valence-electron chi connectivity index (χ1n) is 7.68. The predicted octanol–water partition coefficient (Wildman–Crippen LogP) is 2.25. The third kappa shape index (κ3) is 4.67. The Bertz CT molecular complexity index is 485. The number of Topliss-reactive ketones (excluding diaryl/α,β-unsaturated/α-hetero) is 1. The summed E-state index contributed by atoms with van der Waals surface area (Å²) in [6.07, 6.45) is 2.55. The number of hydrogen-bond acceptors (Lipinski definition) is 3. The predicted molar refractivity (Wildman–Crippen MR) is 83.3 cm³/mol. The van der Waals surface area contributed by atoms with E-state index in [0.717, 1.165) is 24.9 Å². The molecular weight excluding hydrogens is 264 g/mol. The lowest BCUT2D eigenvalue weighted by Gasteiger charge is -2.23. The Balaban J connectivity index is 1.90. The van der Waals surface area contributed by atoms with Crippen LogP contribution in [0.4, 0.5) is 0 Å². The van der Waals surface area contributed by atoms with Gasteiger partial charge in [-0.2, -0.15) is 0 Å². The molecule has 0 spiro atoms. The second-order valence-electron chi connectivity index (χ2n) is 5.98. The smallest absolute Gasteiger partial charge is 0.234 e. The fourth-order valence-electron chi connectivity index (χ4n) is 2.84. The van der Waals surface area contributed by atoms with Crippen molar-refractivity contribution in [2.24, 2.45) is 0 Å². The quantitative estimate of drug-likeness (QED) is 0.817. The van der Waals surface area contributed by atoms with Crippen LogP contribution in [0.3, 0.4) is 0 Å². The maximum Gasteiger partial charge on any atom is 0.234 e. The molecule has 1 aliphatic heterocycles. The van der Waals surface area contributed by atoms with E-state index in [1.807, 2.05) is 44.2 Å². The zero-order valence-corrected chi connectivity index (χ0v) is 12.8. The molecule has 0 bridgehead atoms. The average Bonchev–Trinajstić information content (AvgIpc) is 2.86. The van der Waals surface area contributed by atoms with E-state index in [1.165, 1.54) is 0 Å². The number of nitrogens with one attached hydrogen (secondary N) is 1. The van der Waals surface area contributed by atoms with Crippen molar-refractivity contribution >= 4 is 11.7 Å². The first-order chi connectivity index (χ1) is 10.1. The highest BCUT2D eigenvalue weighted by atomic mass is 16.2. The van der Waals surface area contributed by atoms with Crippen molar-refractivity contribution in [2.45, 2.75) is 45.2 Å². The minimum Gasteiger partial charge on any atom is -0.353 e. The van der Waals surface area contributed by atoms with Crippen LogP contribution in [-0.2, 0) is 4.79 Å². The van der Waals surface area contributed by atoms with Crippen molar-refractivity contribution in [1.29, 1.82) is 0 Å². The molecule has 1 heterocycles. The molecule has 1 atom stereocenters. The number of likely N-dealkylation sites (tertiary alicyclic amines) is 1. The van der Waals surface area contributed by atoms with Gasteiger partial charge >= 0.3 is 0 Å².